The summed E-state index contributed by atoms with van der Waals surface area (Å²) < 4.78 is 1.89. The molecule has 0 aliphatic heterocycles. The Morgan fingerprint density at radius 2 is 2.20 bits per heavy atom. The molecule has 0 amide bonds. The zero-order valence-corrected chi connectivity index (χ0v) is 12.0. The number of imidazole rings is 1. The van der Waals surface area contributed by atoms with Crippen LogP contribution in [-0.2, 0) is 5.75 Å². The summed E-state index contributed by atoms with van der Waals surface area (Å²) in [5, 5.41) is 1.57. The number of thioether (sulfide) groups is 1. The molecule has 3 N–H and O–H groups in total. The lowest BCUT2D eigenvalue weighted by molar-refractivity contribution is 1.02. The maximum absolute atomic E-state index is 6.16. The summed E-state index contributed by atoms with van der Waals surface area (Å²) in [6.07, 6.45) is 5.39. The van der Waals surface area contributed by atoms with Gasteiger partial charge >= 0.3 is 0 Å². The highest BCUT2D eigenvalue weighted by Gasteiger charge is 2.09. The average molecular weight is 306 g/mol. The number of benzene rings is 1. The van der Waals surface area contributed by atoms with E-state index < -0.39 is 0 Å². The number of hydrogen-bond donors (Lipinski definition) is 2. The number of hydrazine groups is 1. The monoisotopic (exact) mass is 305 g/mol. The molecule has 102 valence electrons. The van der Waals surface area contributed by atoms with Crippen molar-refractivity contribution in [3.8, 4) is 0 Å². The summed E-state index contributed by atoms with van der Waals surface area (Å²) in [6.45, 7) is 0. The minimum absolute atomic E-state index is 0.595. The van der Waals surface area contributed by atoms with E-state index in [9.17, 15) is 0 Å². The van der Waals surface area contributed by atoms with Gasteiger partial charge in [0, 0.05) is 23.2 Å². The lowest BCUT2D eigenvalue weighted by atomic mass is 10.2. The second-order valence-electron chi connectivity index (χ2n) is 4.11. The molecule has 0 fully saturated rings. The molecule has 0 saturated heterocycles. The molecule has 7 heteroatoms. The van der Waals surface area contributed by atoms with E-state index in [-0.39, 0.29) is 0 Å². The van der Waals surface area contributed by atoms with Crippen molar-refractivity contribution in [3.05, 3.63) is 53.4 Å². The van der Waals surface area contributed by atoms with Gasteiger partial charge in [0.2, 0.25) is 0 Å². The van der Waals surface area contributed by atoms with Crippen LogP contribution < -0.4 is 11.3 Å². The fourth-order valence-electron chi connectivity index (χ4n) is 1.83. The van der Waals surface area contributed by atoms with Crippen molar-refractivity contribution in [1.29, 1.82) is 0 Å². The van der Waals surface area contributed by atoms with Gasteiger partial charge in [-0.05, 0) is 11.6 Å². The zero-order valence-electron chi connectivity index (χ0n) is 10.5. The Labute approximate surface area is 125 Å². The number of fused-ring (bicyclic) bond motifs is 1. The van der Waals surface area contributed by atoms with Crippen LogP contribution in [0.3, 0.4) is 0 Å². The fourth-order valence-corrected chi connectivity index (χ4v) is 3.11. The van der Waals surface area contributed by atoms with Gasteiger partial charge in [-0.3, -0.25) is 0 Å². The SMILES string of the molecule is NNc1cn2ccnc2c(SCc2ccccc2Cl)n1. The summed E-state index contributed by atoms with van der Waals surface area (Å²) in [7, 11) is 0. The molecule has 20 heavy (non-hydrogen) atoms. The van der Waals surface area contributed by atoms with Crippen LogP contribution in [0.5, 0.6) is 0 Å². The van der Waals surface area contributed by atoms with Crippen molar-refractivity contribution >= 4 is 34.8 Å². The van der Waals surface area contributed by atoms with Gasteiger partial charge in [-0.2, -0.15) is 0 Å². The second kappa shape index (κ2) is 5.70. The van der Waals surface area contributed by atoms with Crippen molar-refractivity contribution in [2.45, 2.75) is 10.8 Å². The van der Waals surface area contributed by atoms with E-state index in [1.54, 1.807) is 24.2 Å². The van der Waals surface area contributed by atoms with Gasteiger partial charge in [-0.1, -0.05) is 41.6 Å². The molecule has 0 aliphatic carbocycles. The molecule has 5 nitrogen and oxygen atoms in total. The van der Waals surface area contributed by atoms with Gasteiger partial charge in [0.05, 0.1) is 6.20 Å². The standard InChI is InChI=1S/C13H12ClN5S/c14-10-4-2-1-3-9(10)8-20-13-12-16-5-6-19(12)7-11(17-13)18-15/h1-7,18H,8,15H2. The van der Waals surface area contributed by atoms with Crippen molar-refractivity contribution in [2.75, 3.05) is 5.43 Å². The topological polar surface area (TPSA) is 68.2 Å². The zero-order chi connectivity index (χ0) is 13.9. The number of aromatic nitrogens is 3. The highest BCUT2D eigenvalue weighted by Crippen LogP contribution is 2.28. The lowest BCUT2D eigenvalue weighted by Gasteiger charge is -2.07. The Hall–Kier alpha value is -1.76. The third-order valence-corrected chi connectivity index (χ3v) is 4.18. The first-order chi connectivity index (χ1) is 9.78. The normalized spacial score (nSPS) is 10.9. The average Bonchev–Trinajstić information content (AvgIpc) is 2.94. The Morgan fingerprint density at radius 3 is 3.00 bits per heavy atom. The number of nitrogen functional groups attached to an aromatic ring is 1. The van der Waals surface area contributed by atoms with Crippen molar-refractivity contribution in [3.63, 3.8) is 0 Å². The van der Waals surface area contributed by atoms with Crippen LogP contribution >= 0.6 is 23.4 Å². The Bertz CT molecular complexity index is 742. The number of hydrogen-bond acceptors (Lipinski definition) is 5. The number of anilines is 1. The molecule has 3 aromatic rings. The summed E-state index contributed by atoms with van der Waals surface area (Å²) in [6, 6.07) is 7.77. The minimum Gasteiger partial charge on any atom is -0.307 e. The van der Waals surface area contributed by atoms with E-state index in [4.69, 9.17) is 17.4 Å². The van der Waals surface area contributed by atoms with Crippen molar-refractivity contribution in [1.82, 2.24) is 14.4 Å². The first-order valence-corrected chi connectivity index (χ1v) is 7.31. The number of rotatable bonds is 4. The van der Waals surface area contributed by atoms with E-state index in [0.717, 1.165) is 27.0 Å². The highest BCUT2D eigenvalue weighted by atomic mass is 35.5. The molecular formula is C13H12ClN5S. The highest BCUT2D eigenvalue weighted by molar-refractivity contribution is 7.98. The largest absolute Gasteiger partial charge is 0.307 e. The Balaban J connectivity index is 1.90. The van der Waals surface area contributed by atoms with Crippen molar-refractivity contribution < 1.29 is 0 Å². The third kappa shape index (κ3) is 2.58. The fraction of sp³-hybridized carbons (Fsp3) is 0.0769. The van der Waals surface area contributed by atoms with Crippen LogP contribution in [0.2, 0.25) is 5.02 Å². The molecule has 2 heterocycles. The van der Waals surface area contributed by atoms with Gasteiger partial charge in [-0.25, -0.2) is 15.8 Å². The van der Waals surface area contributed by atoms with Gasteiger partial charge in [0.15, 0.2) is 11.5 Å². The number of nitrogens with one attached hydrogen (secondary N) is 1. The lowest BCUT2D eigenvalue weighted by Crippen LogP contribution is -2.10. The predicted octanol–water partition coefficient (Wildman–Crippen LogP) is 2.96. The van der Waals surface area contributed by atoms with Crippen LogP contribution in [0.4, 0.5) is 5.82 Å². The molecule has 1 aromatic carbocycles. The molecule has 0 saturated carbocycles. The third-order valence-electron chi connectivity index (χ3n) is 2.81. The smallest absolute Gasteiger partial charge is 0.169 e. The van der Waals surface area contributed by atoms with Gasteiger partial charge in [0.25, 0.3) is 0 Å². The van der Waals surface area contributed by atoms with Crippen molar-refractivity contribution in [2.24, 2.45) is 5.84 Å². The van der Waals surface area contributed by atoms with E-state index >= 15 is 0 Å². The summed E-state index contributed by atoms with van der Waals surface area (Å²) in [4.78, 5) is 8.74. The molecule has 0 atom stereocenters. The molecule has 0 aliphatic rings. The molecule has 0 bridgehead atoms. The Kier molecular flexibility index (Phi) is 3.77. The Morgan fingerprint density at radius 1 is 1.35 bits per heavy atom. The molecule has 0 radical (unpaired) electrons. The van der Waals surface area contributed by atoms with E-state index in [0.29, 0.717) is 5.82 Å². The first-order valence-electron chi connectivity index (χ1n) is 5.94. The summed E-state index contributed by atoms with van der Waals surface area (Å²) >= 11 is 7.74. The predicted molar refractivity (Wildman–Crippen MR) is 81.8 cm³/mol. The summed E-state index contributed by atoms with van der Waals surface area (Å²) in [5.41, 5.74) is 4.43. The van der Waals surface area contributed by atoms with Gasteiger partial charge < -0.3 is 9.83 Å². The van der Waals surface area contributed by atoms with Crippen LogP contribution in [0.15, 0.2) is 47.9 Å². The molecule has 0 unspecified atom stereocenters. The molecular weight excluding hydrogens is 294 g/mol. The van der Waals surface area contributed by atoms with E-state index in [1.807, 2.05) is 34.9 Å². The number of nitrogens with two attached hydrogens (primary N) is 1. The quantitative estimate of drug-likeness (QED) is 0.440. The molecule has 2 aromatic heterocycles. The van der Waals surface area contributed by atoms with Crippen LogP contribution in [0.25, 0.3) is 5.65 Å². The maximum atomic E-state index is 6.16. The van der Waals surface area contributed by atoms with E-state index in [2.05, 4.69) is 15.4 Å². The maximum Gasteiger partial charge on any atom is 0.169 e. The second-order valence-corrected chi connectivity index (χ2v) is 5.49. The summed E-state index contributed by atoms with van der Waals surface area (Å²) in [5.74, 6) is 6.75. The molecule has 0 spiro atoms. The van der Waals surface area contributed by atoms with Crippen LogP contribution in [-0.4, -0.2) is 14.4 Å². The van der Waals surface area contributed by atoms with Gasteiger partial charge in [-0.15, -0.1) is 0 Å². The van der Waals surface area contributed by atoms with E-state index in [1.165, 1.54) is 0 Å². The minimum atomic E-state index is 0.595. The van der Waals surface area contributed by atoms with Crippen LogP contribution in [0.1, 0.15) is 5.56 Å². The van der Waals surface area contributed by atoms with Crippen LogP contribution in [0, 0.1) is 0 Å². The molecule has 3 rings (SSSR count). The number of halogens is 1. The first kappa shape index (κ1) is 13.2. The van der Waals surface area contributed by atoms with Gasteiger partial charge in [0.1, 0.15) is 5.03 Å². The number of nitrogens with zero attached hydrogens (tertiary/aromatic N) is 3.